The molecule has 9 atom stereocenters. The molecule has 11 N–H and O–H groups in total. The van der Waals surface area contributed by atoms with Crippen molar-refractivity contribution in [2.24, 2.45) is 0 Å². The summed E-state index contributed by atoms with van der Waals surface area (Å²) in [4.78, 5) is 9.90. The van der Waals surface area contributed by atoms with Gasteiger partial charge in [0.1, 0.15) is 42.7 Å². The summed E-state index contributed by atoms with van der Waals surface area (Å²) in [6.45, 7) is -1.24. The van der Waals surface area contributed by atoms with Crippen LogP contribution in [0.25, 0.3) is 0 Å². The van der Waals surface area contributed by atoms with Gasteiger partial charge in [-0.2, -0.15) is 0 Å². The summed E-state index contributed by atoms with van der Waals surface area (Å²) >= 11 is 0. The Morgan fingerprint density at radius 3 is 2.00 bits per heavy atom. The highest BCUT2D eigenvalue weighted by molar-refractivity contribution is 5.56. The number of ether oxygens (including phenoxy) is 1. The topological polar surface area (TPSA) is 241 Å². The maximum atomic E-state index is 9.90. The summed E-state index contributed by atoms with van der Waals surface area (Å²) in [6.07, 6.45) is -11.7. The number of aldehydes is 1. The van der Waals surface area contributed by atoms with Crippen LogP contribution in [0.1, 0.15) is 0 Å². The fourth-order valence-electron chi connectivity index (χ4n) is 2.17. The van der Waals surface area contributed by atoms with Gasteiger partial charge in [0.05, 0.1) is 25.9 Å². The van der Waals surface area contributed by atoms with Crippen LogP contribution >= 0.6 is 0 Å². The van der Waals surface area contributed by atoms with Crippen LogP contribution in [0, 0.1) is 0 Å². The zero-order valence-corrected chi connectivity index (χ0v) is 14.4. The van der Waals surface area contributed by atoms with Crippen molar-refractivity contribution in [3.05, 3.63) is 0 Å². The Morgan fingerprint density at radius 2 is 1.56 bits per heavy atom. The van der Waals surface area contributed by atoms with Gasteiger partial charge >= 0.3 is 0 Å². The first-order valence-corrected chi connectivity index (χ1v) is 8.09. The highest BCUT2D eigenvalue weighted by Gasteiger charge is 2.43. The third kappa shape index (κ3) is 7.98. The van der Waals surface area contributed by atoms with Crippen molar-refractivity contribution in [3.63, 3.8) is 0 Å². The van der Waals surface area contributed by atoms with Crippen LogP contribution in [0.2, 0.25) is 0 Å². The monoisotopic (exact) mass is 403 g/mol. The Bertz CT molecular complexity index is 402. The molecule has 1 rings (SSSR count). The van der Waals surface area contributed by atoms with Gasteiger partial charge in [0.15, 0.2) is 12.6 Å². The molecule has 1 aliphatic rings. The van der Waals surface area contributed by atoms with Gasteiger partial charge in [-0.25, -0.2) is 0 Å². The molecule has 1 heterocycles. The molecule has 13 heteroatoms. The SMILES string of the molecule is O=CC(O)C(O)C(O)C(O)CO.OCCN[C@H]1C(O)O[C@H](CO)[C@@H](O)[C@@H]1O. The summed E-state index contributed by atoms with van der Waals surface area (Å²) in [6, 6.07) is -0.880. The molecular weight excluding hydrogens is 374 g/mol. The first kappa shape index (κ1) is 26.2. The van der Waals surface area contributed by atoms with E-state index in [9.17, 15) is 20.1 Å². The summed E-state index contributed by atoms with van der Waals surface area (Å²) in [5, 5.41) is 92.0. The lowest BCUT2D eigenvalue weighted by Gasteiger charge is -2.40. The second-order valence-electron chi connectivity index (χ2n) is 5.79. The molecule has 13 nitrogen and oxygen atoms in total. The Labute approximate surface area is 154 Å². The van der Waals surface area contributed by atoms with Gasteiger partial charge in [0.25, 0.3) is 0 Å². The smallest absolute Gasteiger partial charge is 0.173 e. The summed E-state index contributed by atoms with van der Waals surface area (Å²) in [5.41, 5.74) is 0. The summed E-state index contributed by atoms with van der Waals surface area (Å²) in [5.74, 6) is 0. The van der Waals surface area contributed by atoms with Crippen molar-refractivity contribution in [2.45, 2.75) is 55.1 Å². The first-order valence-electron chi connectivity index (χ1n) is 8.09. The zero-order chi connectivity index (χ0) is 21.1. The van der Waals surface area contributed by atoms with E-state index in [0.29, 0.717) is 0 Å². The Morgan fingerprint density at radius 1 is 0.963 bits per heavy atom. The standard InChI is InChI=1S/C8H17NO6.C6H12O6/c10-2-1-9-5-7(13)6(12)4(3-11)15-8(5)14;7-1-3(9)5(11)6(12)4(10)2-8/h4-14H,1-3H2;1,3-6,8-12H,2H2/t4-,5-,6-,7-,8?;/m1./s1. The number of carbonyl (C=O) groups is 1. The van der Waals surface area contributed by atoms with Crippen LogP contribution in [-0.4, -0.2) is 139 Å². The van der Waals surface area contributed by atoms with Crippen molar-refractivity contribution in [2.75, 3.05) is 26.4 Å². The predicted octanol–water partition coefficient (Wildman–Crippen LogP) is -7.01. The van der Waals surface area contributed by atoms with Crippen molar-refractivity contribution in [3.8, 4) is 0 Å². The van der Waals surface area contributed by atoms with E-state index in [1.165, 1.54) is 0 Å². The van der Waals surface area contributed by atoms with Crippen LogP contribution in [0.15, 0.2) is 0 Å². The van der Waals surface area contributed by atoms with Gasteiger partial charge in [-0.1, -0.05) is 0 Å². The van der Waals surface area contributed by atoms with Gasteiger partial charge in [-0.05, 0) is 0 Å². The van der Waals surface area contributed by atoms with E-state index in [1.54, 1.807) is 0 Å². The molecule has 0 spiro atoms. The quantitative estimate of drug-likeness (QED) is 0.161. The molecule has 0 aromatic rings. The fourth-order valence-corrected chi connectivity index (χ4v) is 2.17. The highest BCUT2D eigenvalue weighted by atomic mass is 16.6. The predicted molar refractivity (Wildman–Crippen MR) is 86.0 cm³/mol. The lowest BCUT2D eigenvalue weighted by molar-refractivity contribution is -0.254. The van der Waals surface area contributed by atoms with E-state index >= 15 is 0 Å². The average Bonchev–Trinajstić information content (AvgIpc) is 2.68. The largest absolute Gasteiger partial charge is 0.395 e. The van der Waals surface area contributed by atoms with E-state index in [0.717, 1.165) is 0 Å². The van der Waals surface area contributed by atoms with E-state index < -0.39 is 68.3 Å². The maximum Gasteiger partial charge on any atom is 0.173 e. The molecule has 0 aliphatic carbocycles. The van der Waals surface area contributed by atoms with Crippen molar-refractivity contribution < 1.29 is 60.6 Å². The minimum absolute atomic E-state index is 0.0258. The first-order chi connectivity index (χ1) is 12.7. The molecule has 0 radical (unpaired) electrons. The molecule has 162 valence electrons. The molecule has 0 aromatic heterocycles. The molecule has 27 heavy (non-hydrogen) atoms. The second kappa shape index (κ2) is 13.4. The van der Waals surface area contributed by atoms with Crippen molar-refractivity contribution in [1.29, 1.82) is 0 Å². The Balaban J connectivity index is 0.000000516. The summed E-state index contributed by atoms with van der Waals surface area (Å²) < 4.78 is 4.88. The van der Waals surface area contributed by atoms with E-state index in [-0.39, 0.29) is 19.4 Å². The number of aliphatic hydroxyl groups is 10. The molecular formula is C14H29NO12. The van der Waals surface area contributed by atoms with Crippen molar-refractivity contribution >= 4 is 6.29 Å². The van der Waals surface area contributed by atoms with Gasteiger partial charge in [0, 0.05) is 6.54 Å². The molecule has 0 saturated carbocycles. The number of hydrogen-bond donors (Lipinski definition) is 11. The number of hydrogen-bond acceptors (Lipinski definition) is 13. The number of rotatable bonds is 9. The van der Waals surface area contributed by atoms with Crippen molar-refractivity contribution in [1.82, 2.24) is 5.32 Å². The van der Waals surface area contributed by atoms with Gasteiger partial charge < -0.3 is 65.9 Å². The highest BCUT2D eigenvalue weighted by Crippen LogP contribution is 2.19. The zero-order valence-electron chi connectivity index (χ0n) is 14.4. The van der Waals surface area contributed by atoms with Crippen LogP contribution in [0.3, 0.4) is 0 Å². The third-order valence-electron chi connectivity index (χ3n) is 3.81. The molecule has 0 amide bonds. The van der Waals surface area contributed by atoms with Crippen LogP contribution in [-0.2, 0) is 9.53 Å². The summed E-state index contributed by atoms with van der Waals surface area (Å²) in [7, 11) is 0. The van der Waals surface area contributed by atoms with E-state index in [4.69, 9.17) is 40.5 Å². The molecule has 0 aromatic carbocycles. The minimum Gasteiger partial charge on any atom is -0.395 e. The lowest BCUT2D eigenvalue weighted by atomic mass is 9.97. The van der Waals surface area contributed by atoms with E-state index in [2.05, 4.69) is 5.32 Å². The van der Waals surface area contributed by atoms with Crippen LogP contribution in [0.4, 0.5) is 0 Å². The molecule has 1 fully saturated rings. The van der Waals surface area contributed by atoms with Crippen LogP contribution in [0.5, 0.6) is 0 Å². The Hall–Kier alpha value is -0.810. The second-order valence-corrected chi connectivity index (χ2v) is 5.79. The lowest BCUT2D eigenvalue weighted by Crippen LogP contribution is -2.63. The molecule has 5 unspecified atom stereocenters. The van der Waals surface area contributed by atoms with Gasteiger partial charge in [-0.3, -0.25) is 0 Å². The Kier molecular flexibility index (Phi) is 13.0. The fraction of sp³-hybridized carbons (Fsp3) is 0.929. The molecule has 1 saturated heterocycles. The average molecular weight is 403 g/mol. The maximum absolute atomic E-state index is 9.90. The molecule has 0 bridgehead atoms. The number of nitrogens with one attached hydrogen (secondary N) is 1. The van der Waals surface area contributed by atoms with Crippen LogP contribution < -0.4 is 5.32 Å². The minimum atomic E-state index is -1.79. The van der Waals surface area contributed by atoms with E-state index in [1.807, 2.05) is 0 Å². The molecule has 1 aliphatic heterocycles. The number of aliphatic hydroxyl groups excluding tert-OH is 10. The van der Waals surface area contributed by atoms with Gasteiger partial charge in [0.2, 0.25) is 0 Å². The van der Waals surface area contributed by atoms with Gasteiger partial charge in [-0.15, -0.1) is 0 Å². The normalized spacial score (nSPS) is 32.6. The number of carbonyl (C=O) groups excluding carboxylic acids is 1. The third-order valence-corrected chi connectivity index (χ3v) is 3.81.